The van der Waals surface area contributed by atoms with Gasteiger partial charge in [0.05, 0.1) is 24.1 Å². The Balaban J connectivity index is 2.29. The van der Waals surface area contributed by atoms with Gasteiger partial charge in [-0.25, -0.2) is 9.78 Å². The summed E-state index contributed by atoms with van der Waals surface area (Å²) in [6.07, 6.45) is 0. The highest BCUT2D eigenvalue weighted by Crippen LogP contribution is 2.24. The maximum atomic E-state index is 11.0. The molecule has 0 fully saturated rings. The van der Waals surface area contributed by atoms with Gasteiger partial charge in [0.2, 0.25) is 0 Å². The number of anilines is 3. The number of methoxy groups -OCH3 is 1. The molecule has 104 valence electrons. The van der Waals surface area contributed by atoms with Crippen LogP contribution in [0.2, 0.25) is 0 Å². The highest BCUT2D eigenvalue weighted by atomic mass is 16.5. The Hall–Kier alpha value is -2.76. The van der Waals surface area contributed by atoms with Crippen LogP contribution in [0.4, 0.5) is 17.2 Å². The Morgan fingerprint density at radius 2 is 2.00 bits per heavy atom. The molecular formula is C14H15N3O3. The summed E-state index contributed by atoms with van der Waals surface area (Å²) in [5.74, 6) is 0.129. The minimum atomic E-state index is -1.04. The number of carboxylic acid groups (broad SMARTS) is 1. The number of rotatable bonds is 4. The Morgan fingerprint density at radius 3 is 2.55 bits per heavy atom. The fourth-order valence-corrected chi connectivity index (χ4v) is 1.75. The minimum absolute atomic E-state index is 0.0998. The molecule has 4 N–H and O–H groups in total. The zero-order valence-electron chi connectivity index (χ0n) is 11.2. The van der Waals surface area contributed by atoms with Gasteiger partial charge >= 0.3 is 5.97 Å². The van der Waals surface area contributed by atoms with Crippen LogP contribution in [0.1, 0.15) is 16.1 Å². The Morgan fingerprint density at radius 1 is 1.35 bits per heavy atom. The second-order valence-corrected chi connectivity index (χ2v) is 4.22. The second-order valence-electron chi connectivity index (χ2n) is 4.22. The third kappa shape index (κ3) is 2.80. The predicted octanol–water partition coefficient (Wildman–Crippen LogP) is 2.42. The maximum Gasteiger partial charge on any atom is 0.337 e. The van der Waals surface area contributed by atoms with Crippen molar-refractivity contribution >= 4 is 23.2 Å². The lowest BCUT2D eigenvalue weighted by atomic mass is 10.2. The van der Waals surface area contributed by atoms with E-state index in [1.807, 2.05) is 12.1 Å². The first kappa shape index (κ1) is 13.7. The van der Waals surface area contributed by atoms with E-state index in [0.29, 0.717) is 11.5 Å². The van der Waals surface area contributed by atoms with Gasteiger partial charge in [0, 0.05) is 5.69 Å². The largest absolute Gasteiger partial charge is 0.497 e. The second kappa shape index (κ2) is 5.48. The van der Waals surface area contributed by atoms with Crippen molar-refractivity contribution in [3.63, 3.8) is 0 Å². The van der Waals surface area contributed by atoms with Gasteiger partial charge in [0.15, 0.2) is 5.82 Å². The van der Waals surface area contributed by atoms with Gasteiger partial charge in [0.25, 0.3) is 0 Å². The third-order valence-electron chi connectivity index (χ3n) is 2.83. The fraction of sp³-hybridized carbons (Fsp3) is 0.143. The summed E-state index contributed by atoms with van der Waals surface area (Å²) in [4.78, 5) is 15.2. The van der Waals surface area contributed by atoms with Crippen LogP contribution in [0.25, 0.3) is 0 Å². The molecule has 0 radical (unpaired) electrons. The molecule has 0 aliphatic heterocycles. The smallest absolute Gasteiger partial charge is 0.337 e. The molecule has 6 heteroatoms. The quantitative estimate of drug-likeness (QED) is 0.791. The minimum Gasteiger partial charge on any atom is -0.497 e. The van der Waals surface area contributed by atoms with E-state index in [0.717, 1.165) is 11.4 Å². The molecule has 0 bridgehead atoms. The molecule has 0 unspecified atom stereocenters. The van der Waals surface area contributed by atoms with E-state index >= 15 is 0 Å². The van der Waals surface area contributed by atoms with Gasteiger partial charge in [-0.1, -0.05) is 0 Å². The zero-order chi connectivity index (χ0) is 14.7. The number of hydrogen-bond acceptors (Lipinski definition) is 5. The molecule has 6 nitrogen and oxygen atoms in total. The number of nitrogen functional groups attached to an aromatic ring is 1. The van der Waals surface area contributed by atoms with Gasteiger partial charge in [0.1, 0.15) is 5.75 Å². The van der Waals surface area contributed by atoms with E-state index in [1.54, 1.807) is 26.2 Å². The Kier molecular flexibility index (Phi) is 3.74. The van der Waals surface area contributed by atoms with Crippen LogP contribution in [0.5, 0.6) is 5.75 Å². The van der Waals surface area contributed by atoms with E-state index < -0.39 is 5.97 Å². The summed E-state index contributed by atoms with van der Waals surface area (Å²) in [6.45, 7) is 1.63. The van der Waals surface area contributed by atoms with E-state index in [-0.39, 0.29) is 11.3 Å². The van der Waals surface area contributed by atoms with Gasteiger partial charge in [-0.2, -0.15) is 0 Å². The number of aromatic nitrogens is 1. The molecule has 0 spiro atoms. The molecule has 2 rings (SSSR count). The van der Waals surface area contributed by atoms with Crippen LogP contribution in [0, 0.1) is 6.92 Å². The van der Waals surface area contributed by atoms with Crippen molar-refractivity contribution in [3.05, 3.63) is 41.6 Å². The van der Waals surface area contributed by atoms with Crippen molar-refractivity contribution in [3.8, 4) is 5.75 Å². The molecule has 1 aromatic carbocycles. The highest BCUT2D eigenvalue weighted by molar-refractivity contribution is 5.91. The fourth-order valence-electron chi connectivity index (χ4n) is 1.75. The zero-order valence-corrected chi connectivity index (χ0v) is 11.2. The van der Waals surface area contributed by atoms with Crippen LogP contribution in [-0.2, 0) is 0 Å². The molecule has 0 amide bonds. The van der Waals surface area contributed by atoms with Crippen LogP contribution in [-0.4, -0.2) is 23.2 Å². The number of nitrogens with one attached hydrogen (secondary N) is 1. The lowest BCUT2D eigenvalue weighted by molar-refractivity contribution is 0.0695. The number of benzene rings is 1. The van der Waals surface area contributed by atoms with E-state index in [1.165, 1.54) is 6.07 Å². The number of hydrogen-bond donors (Lipinski definition) is 3. The van der Waals surface area contributed by atoms with Crippen LogP contribution in [0.3, 0.4) is 0 Å². The lowest BCUT2D eigenvalue weighted by Crippen LogP contribution is -2.07. The SMILES string of the molecule is COc1ccc(Nc2nc(C)c(C(=O)O)cc2N)cc1. The van der Waals surface area contributed by atoms with Gasteiger partial charge in [-0.05, 0) is 37.3 Å². The summed E-state index contributed by atoms with van der Waals surface area (Å²) in [6, 6.07) is 8.64. The van der Waals surface area contributed by atoms with Crippen LogP contribution < -0.4 is 15.8 Å². The van der Waals surface area contributed by atoms with Crippen molar-refractivity contribution in [2.75, 3.05) is 18.2 Å². The molecule has 0 saturated heterocycles. The van der Waals surface area contributed by atoms with Crippen molar-refractivity contribution in [1.82, 2.24) is 4.98 Å². The average molecular weight is 273 g/mol. The summed E-state index contributed by atoms with van der Waals surface area (Å²) < 4.78 is 5.07. The number of aryl methyl sites for hydroxylation is 1. The first-order valence-corrected chi connectivity index (χ1v) is 5.92. The highest BCUT2D eigenvalue weighted by Gasteiger charge is 2.12. The van der Waals surface area contributed by atoms with Gasteiger partial charge in [-0.15, -0.1) is 0 Å². The van der Waals surface area contributed by atoms with E-state index in [2.05, 4.69) is 10.3 Å². The summed E-state index contributed by atoms with van der Waals surface area (Å²) in [5.41, 5.74) is 7.39. The molecule has 0 saturated carbocycles. The van der Waals surface area contributed by atoms with Crippen molar-refractivity contribution in [2.45, 2.75) is 6.92 Å². The number of carboxylic acids is 1. The Labute approximate surface area is 116 Å². The third-order valence-corrected chi connectivity index (χ3v) is 2.83. The lowest BCUT2D eigenvalue weighted by Gasteiger charge is -2.11. The predicted molar refractivity (Wildman–Crippen MR) is 76.6 cm³/mol. The monoisotopic (exact) mass is 273 g/mol. The number of ether oxygens (including phenoxy) is 1. The van der Waals surface area contributed by atoms with Gasteiger partial charge < -0.3 is 20.9 Å². The van der Waals surface area contributed by atoms with Crippen molar-refractivity contribution in [1.29, 1.82) is 0 Å². The standard InChI is InChI=1S/C14H15N3O3/c1-8-11(14(18)19)7-12(15)13(16-8)17-9-3-5-10(20-2)6-4-9/h3-7H,15H2,1-2H3,(H,16,17)(H,18,19). The van der Waals surface area contributed by atoms with Gasteiger partial charge in [-0.3, -0.25) is 0 Å². The number of nitrogens with two attached hydrogens (primary N) is 1. The number of aromatic carboxylic acids is 1. The summed E-state index contributed by atoms with van der Waals surface area (Å²) in [7, 11) is 1.59. The molecule has 20 heavy (non-hydrogen) atoms. The molecular weight excluding hydrogens is 258 g/mol. The van der Waals surface area contributed by atoms with Crippen molar-refractivity contribution < 1.29 is 14.6 Å². The van der Waals surface area contributed by atoms with Crippen molar-refractivity contribution in [2.24, 2.45) is 0 Å². The van der Waals surface area contributed by atoms with Crippen LogP contribution in [0.15, 0.2) is 30.3 Å². The number of pyridine rings is 1. The molecule has 2 aromatic rings. The molecule has 1 heterocycles. The first-order chi connectivity index (χ1) is 9.51. The van der Waals surface area contributed by atoms with E-state index in [9.17, 15) is 4.79 Å². The molecule has 1 aromatic heterocycles. The Bertz CT molecular complexity index is 639. The summed E-state index contributed by atoms with van der Waals surface area (Å²) in [5, 5.41) is 12.0. The number of nitrogens with zero attached hydrogens (tertiary/aromatic N) is 1. The average Bonchev–Trinajstić information content (AvgIpc) is 2.43. The topological polar surface area (TPSA) is 97.5 Å². The summed E-state index contributed by atoms with van der Waals surface area (Å²) >= 11 is 0. The number of carbonyl (C=O) groups is 1. The maximum absolute atomic E-state index is 11.0. The van der Waals surface area contributed by atoms with Crippen LogP contribution >= 0.6 is 0 Å². The first-order valence-electron chi connectivity index (χ1n) is 5.92. The molecule has 0 atom stereocenters. The molecule has 0 aliphatic rings. The van der Waals surface area contributed by atoms with E-state index in [4.69, 9.17) is 15.6 Å². The molecule has 0 aliphatic carbocycles. The normalized spacial score (nSPS) is 10.1.